The van der Waals surface area contributed by atoms with Gasteiger partial charge in [0.2, 0.25) is 11.8 Å². The molecule has 0 spiro atoms. The predicted octanol–water partition coefficient (Wildman–Crippen LogP) is 6.05. The van der Waals surface area contributed by atoms with E-state index in [1.165, 1.54) is 61.3 Å². The number of amides is 3. The monoisotopic (exact) mass is 630 g/mol. The number of hydrogen-bond acceptors (Lipinski definition) is 5. The van der Waals surface area contributed by atoms with Crippen molar-refractivity contribution < 1.29 is 27.9 Å². The highest BCUT2D eigenvalue weighted by Gasteiger charge is 2.40. The lowest BCUT2D eigenvalue weighted by molar-refractivity contribution is -0.138. The number of carbonyl (C=O) groups excluding carboxylic acids is 3. The van der Waals surface area contributed by atoms with Crippen LogP contribution in [-0.4, -0.2) is 59.0 Å². The van der Waals surface area contributed by atoms with Crippen LogP contribution in [0.2, 0.25) is 0 Å². The zero-order valence-corrected chi connectivity index (χ0v) is 26.0. The third kappa shape index (κ3) is 7.71. The molecule has 3 fully saturated rings. The molecule has 46 heavy (non-hydrogen) atoms. The van der Waals surface area contributed by atoms with Crippen molar-refractivity contribution >= 4 is 34.7 Å². The number of benzene rings is 2. The van der Waals surface area contributed by atoms with Gasteiger partial charge in [-0.2, -0.15) is 0 Å². The molecule has 2 heterocycles. The second-order valence-electron chi connectivity index (χ2n) is 12.7. The molecule has 1 aromatic heterocycles. The zero-order chi connectivity index (χ0) is 32.2. The maximum absolute atomic E-state index is 14.6. The summed E-state index contributed by atoms with van der Waals surface area (Å²) >= 11 is 0. The fourth-order valence-electron chi connectivity index (χ4n) is 6.34. The van der Waals surface area contributed by atoms with E-state index in [0.29, 0.717) is 16.8 Å². The van der Waals surface area contributed by atoms with Crippen molar-refractivity contribution in [2.75, 3.05) is 13.1 Å². The quantitative estimate of drug-likeness (QED) is 0.284. The van der Waals surface area contributed by atoms with E-state index < -0.39 is 48.3 Å². The van der Waals surface area contributed by atoms with Gasteiger partial charge in [-0.3, -0.25) is 14.4 Å². The van der Waals surface area contributed by atoms with Crippen LogP contribution in [0.1, 0.15) is 85.9 Å². The summed E-state index contributed by atoms with van der Waals surface area (Å²) in [6, 6.07) is 11.6. The van der Waals surface area contributed by atoms with E-state index in [4.69, 9.17) is 4.74 Å². The van der Waals surface area contributed by atoms with Crippen molar-refractivity contribution in [1.29, 1.82) is 0 Å². The van der Waals surface area contributed by atoms with Crippen LogP contribution in [0.3, 0.4) is 0 Å². The number of carbonyl (C=O) groups is 3. The number of alkyl halides is 1. The molecule has 3 aromatic rings. The Hall–Kier alpha value is -4.34. The Kier molecular flexibility index (Phi) is 9.61. The Morgan fingerprint density at radius 2 is 1.85 bits per heavy atom. The highest BCUT2D eigenvalue weighted by atomic mass is 19.1. The molecule has 242 valence electrons. The minimum Gasteiger partial charge on any atom is -0.490 e. The summed E-state index contributed by atoms with van der Waals surface area (Å²) in [5.74, 6) is -0.649. The summed E-state index contributed by atoms with van der Waals surface area (Å²) in [5.41, 5.74) is 2.36. The second kappa shape index (κ2) is 14.0. The van der Waals surface area contributed by atoms with E-state index in [1.807, 2.05) is 25.1 Å². The molecule has 8 nitrogen and oxygen atoms in total. The minimum absolute atomic E-state index is 0.0570. The zero-order valence-electron chi connectivity index (χ0n) is 26.0. The number of hydrogen-bond donors (Lipinski definition) is 2. The molecule has 0 radical (unpaired) electrons. The van der Waals surface area contributed by atoms with E-state index in [0.717, 1.165) is 29.7 Å². The first-order valence-corrected chi connectivity index (χ1v) is 16.3. The smallest absolute Gasteiger partial charge is 0.270 e. The molecule has 3 aliphatic rings. The normalized spacial score (nSPS) is 21.0. The second-order valence-corrected chi connectivity index (χ2v) is 12.7. The Morgan fingerprint density at radius 1 is 1.04 bits per heavy atom. The van der Waals surface area contributed by atoms with Crippen LogP contribution in [-0.2, 0) is 9.59 Å². The van der Waals surface area contributed by atoms with Gasteiger partial charge in [0, 0.05) is 11.8 Å². The van der Waals surface area contributed by atoms with Crippen molar-refractivity contribution in [2.45, 2.75) is 82.6 Å². The minimum atomic E-state index is -1.36. The lowest BCUT2D eigenvalue weighted by Crippen LogP contribution is -2.49. The summed E-state index contributed by atoms with van der Waals surface area (Å²) in [6.07, 6.45) is 11.1. The number of likely N-dealkylation sites (tertiary alicyclic amines) is 1. The molecule has 0 unspecified atom stereocenters. The van der Waals surface area contributed by atoms with Gasteiger partial charge in [0.05, 0.1) is 30.8 Å². The molecule has 1 aliphatic heterocycles. The SMILES string of the molecule is C[C@H](NC(=O)[C@@H]1C[C@@H](F)CN1C(=O)CNC(=O)c1ccc2cc(F)ccc2n1)c1ccc(OC2CCCCC2)cc1/C=C/C1CC1. The van der Waals surface area contributed by atoms with Crippen LogP contribution in [0, 0.1) is 11.7 Å². The van der Waals surface area contributed by atoms with Gasteiger partial charge < -0.3 is 20.3 Å². The Bertz CT molecular complexity index is 1640. The molecule has 3 atom stereocenters. The van der Waals surface area contributed by atoms with Gasteiger partial charge in [0.15, 0.2) is 0 Å². The van der Waals surface area contributed by atoms with Gasteiger partial charge in [0.25, 0.3) is 5.91 Å². The van der Waals surface area contributed by atoms with Crippen molar-refractivity contribution in [3.63, 3.8) is 0 Å². The van der Waals surface area contributed by atoms with Crippen LogP contribution in [0.15, 0.2) is 54.6 Å². The molecule has 2 aliphatic carbocycles. The Balaban J connectivity index is 1.09. The van der Waals surface area contributed by atoms with E-state index in [2.05, 4.69) is 27.8 Å². The average Bonchev–Trinajstić information content (AvgIpc) is 3.81. The number of halogens is 2. The van der Waals surface area contributed by atoms with Crippen molar-refractivity contribution in [1.82, 2.24) is 20.5 Å². The maximum Gasteiger partial charge on any atom is 0.270 e. The molecule has 1 saturated heterocycles. The van der Waals surface area contributed by atoms with E-state index in [1.54, 1.807) is 6.07 Å². The van der Waals surface area contributed by atoms with E-state index in [9.17, 15) is 23.2 Å². The van der Waals surface area contributed by atoms with Gasteiger partial charge in [-0.1, -0.05) is 30.7 Å². The lowest BCUT2D eigenvalue weighted by Gasteiger charge is -2.26. The number of allylic oxidation sites excluding steroid dienone is 1. The largest absolute Gasteiger partial charge is 0.490 e. The molecule has 10 heteroatoms. The van der Waals surface area contributed by atoms with Gasteiger partial charge in [-0.05, 0) is 98.9 Å². The third-order valence-electron chi connectivity index (χ3n) is 9.07. The van der Waals surface area contributed by atoms with E-state index >= 15 is 0 Å². The van der Waals surface area contributed by atoms with Gasteiger partial charge in [-0.25, -0.2) is 13.8 Å². The molecular weight excluding hydrogens is 590 g/mol. The summed E-state index contributed by atoms with van der Waals surface area (Å²) in [6.45, 7) is 1.22. The third-order valence-corrected chi connectivity index (χ3v) is 9.07. The Morgan fingerprint density at radius 3 is 2.63 bits per heavy atom. The van der Waals surface area contributed by atoms with Crippen molar-refractivity contribution in [2.24, 2.45) is 5.92 Å². The molecule has 2 aromatic carbocycles. The van der Waals surface area contributed by atoms with Gasteiger partial charge in [0.1, 0.15) is 29.5 Å². The highest BCUT2D eigenvalue weighted by Crippen LogP contribution is 2.33. The number of nitrogens with zero attached hydrogens (tertiary/aromatic N) is 2. The van der Waals surface area contributed by atoms with Gasteiger partial charge in [-0.15, -0.1) is 0 Å². The number of rotatable bonds is 10. The number of fused-ring (bicyclic) bond motifs is 1. The summed E-state index contributed by atoms with van der Waals surface area (Å²) in [7, 11) is 0. The molecular formula is C36H40F2N4O4. The molecule has 6 rings (SSSR count). The molecule has 2 N–H and O–H groups in total. The standard InChI is InChI=1S/C36H40F2N4O4/c1-22(30-14-13-29(46-28-5-3-2-4-6-28)18-24(30)10-9-23-7-8-23)40-36(45)33-19-27(38)21-42(33)34(43)20-39-35(44)32-15-11-25-17-26(37)12-16-31(25)41-32/h9-18,22-23,27-28,33H,2-8,19-21H2,1H3,(H,39,44)(H,40,45)/b10-9+/t22-,27+,33-/m0/s1. The summed E-state index contributed by atoms with van der Waals surface area (Å²) in [4.78, 5) is 44.8. The number of pyridine rings is 1. The van der Waals surface area contributed by atoms with Crippen molar-refractivity contribution in [3.8, 4) is 5.75 Å². The first-order valence-electron chi connectivity index (χ1n) is 16.3. The average molecular weight is 631 g/mol. The van der Waals surface area contributed by atoms with E-state index in [-0.39, 0.29) is 24.8 Å². The van der Waals surface area contributed by atoms with Crippen molar-refractivity contribution in [3.05, 3.63) is 77.2 Å². The van der Waals surface area contributed by atoms with Crippen LogP contribution in [0.25, 0.3) is 17.0 Å². The molecule has 3 amide bonds. The van der Waals surface area contributed by atoms with Crippen LogP contribution < -0.4 is 15.4 Å². The fraction of sp³-hybridized carbons (Fsp3) is 0.444. The highest BCUT2D eigenvalue weighted by molar-refractivity contribution is 5.97. The fourth-order valence-corrected chi connectivity index (χ4v) is 6.34. The number of nitrogens with one attached hydrogen (secondary N) is 2. The first kappa shape index (κ1) is 31.6. The number of aromatic nitrogens is 1. The van der Waals surface area contributed by atoms with Crippen LogP contribution >= 0.6 is 0 Å². The van der Waals surface area contributed by atoms with Crippen LogP contribution in [0.5, 0.6) is 5.75 Å². The molecule has 2 saturated carbocycles. The Labute approximate surface area is 267 Å². The maximum atomic E-state index is 14.6. The summed E-state index contributed by atoms with van der Waals surface area (Å²) in [5, 5.41) is 6.06. The lowest BCUT2D eigenvalue weighted by atomic mass is 9.97. The first-order chi connectivity index (χ1) is 22.2. The van der Waals surface area contributed by atoms with Crippen LogP contribution in [0.4, 0.5) is 8.78 Å². The number of ether oxygens (including phenoxy) is 1. The summed E-state index contributed by atoms with van der Waals surface area (Å²) < 4.78 is 34.4. The predicted molar refractivity (Wildman–Crippen MR) is 171 cm³/mol. The van der Waals surface area contributed by atoms with Gasteiger partial charge >= 0.3 is 0 Å². The topological polar surface area (TPSA) is 101 Å². The molecule has 0 bridgehead atoms.